The minimum atomic E-state index is -0.695. The number of hydrogen-bond donors (Lipinski definition) is 2. The standard InChI is InChI=1S/C31H40N6O4S/c1-31(2,3)41-30(40)35-27-22(19-9-10-19)17-21(18-32-27)33-28(38)29(39)37-14-7-6-8-24(37)20-11-12-25-23(16-20)34-26(42-25)13-15-36(4)5/h11-12,16-19,24H,6-10,13-15H2,1-5H3,(H,33,38)(H,32,35,40)/t24-/m0/s1. The Labute approximate surface area is 250 Å². The van der Waals surface area contributed by atoms with Crippen LogP contribution in [0, 0.1) is 0 Å². The number of thiazole rings is 1. The number of amides is 3. The molecular weight excluding hydrogens is 552 g/mol. The number of anilines is 2. The van der Waals surface area contributed by atoms with Gasteiger partial charge in [0.25, 0.3) is 0 Å². The highest BCUT2D eigenvalue weighted by Crippen LogP contribution is 2.44. The molecule has 3 aromatic rings. The van der Waals surface area contributed by atoms with Crippen molar-refractivity contribution >= 4 is 51.0 Å². The third-order valence-corrected chi connectivity index (χ3v) is 8.48. The lowest BCUT2D eigenvalue weighted by Crippen LogP contribution is -2.44. The van der Waals surface area contributed by atoms with Gasteiger partial charge in [-0.1, -0.05) is 6.07 Å². The maximum Gasteiger partial charge on any atom is 0.413 e. The van der Waals surface area contributed by atoms with Gasteiger partial charge in [0, 0.05) is 25.1 Å². The molecule has 1 saturated heterocycles. The zero-order valence-corrected chi connectivity index (χ0v) is 25.8. The molecule has 1 aliphatic carbocycles. The Morgan fingerprint density at radius 3 is 2.60 bits per heavy atom. The van der Waals surface area contributed by atoms with Gasteiger partial charge in [-0.25, -0.2) is 14.8 Å². The molecule has 224 valence electrons. The number of nitrogens with one attached hydrogen (secondary N) is 2. The van der Waals surface area contributed by atoms with E-state index in [1.54, 1.807) is 43.1 Å². The number of benzene rings is 1. The first-order valence-corrected chi connectivity index (χ1v) is 15.4. The van der Waals surface area contributed by atoms with E-state index in [0.29, 0.717) is 18.1 Å². The molecule has 42 heavy (non-hydrogen) atoms. The van der Waals surface area contributed by atoms with E-state index >= 15 is 0 Å². The van der Waals surface area contributed by atoms with Gasteiger partial charge in [0.1, 0.15) is 11.4 Å². The molecule has 2 N–H and O–H groups in total. The van der Waals surface area contributed by atoms with E-state index in [9.17, 15) is 14.4 Å². The van der Waals surface area contributed by atoms with Crippen molar-refractivity contribution in [3.05, 3.63) is 46.6 Å². The highest BCUT2D eigenvalue weighted by molar-refractivity contribution is 7.18. The van der Waals surface area contributed by atoms with Gasteiger partial charge in [-0.3, -0.25) is 14.9 Å². The number of likely N-dealkylation sites (N-methyl/N-ethyl adjacent to an activating group) is 1. The average Bonchev–Trinajstić information content (AvgIpc) is 3.69. The van der Waals surface area contributed by atoms with Crippen molar-refractivity contribution < 1.29 is 19.1 Å². The minimum absolute atomic E-state index is 0.186. The van der Waals surface area contributed by atoms with Gasteiger partial charge in [-0.15, -0.1) is 11.3 Å². The fourth-order valence-corrected chi connectivity index (χ4v) is 6.16. The molecule has 1 saturated carbocycles. The molecule has 10 nitrogen and oxygen atoms in total. The molecule has 3 heterocycles. The second-order valence-corrected chi connectivity index (χ2v) is 13.5. The molecule has 0 unspecified atom stereocenters. The summed E-state index contributed by atoms with van der Waals surface area (Å²) in [6, 6.07) is 7.82. The lowest BCUT2D eigenvalue weighted by molar-refractivity contribution is -0.145. The first-order chi connectivity index (χ1) is 20.0. The number of fused-ring (bicyclic) bond motifs is 1. The van der Waals surface area contributed by atoms with E-state index in [1.165, 1.54) is 6.20 Å². The van der Waals surface area contributed by atoms with E-state index < -0.39 is 23.5 Å². The van der Waals surface area contributed by atoms with Crippen LogP contribution in [0.2, 0.25) is 0 Å². The fourth-order valence-electron chi connectivity index (χ4n) is 5.22. The summed E-state index contributed by atoms with van der Waals surface area (Å²) >= 11 is 1.70. The van der Waals surface area contributed by atoms with Crippen LogP contribution in [-0.4, -0.2) is 70.5 Å². The van der Waals surface area contributed by atoms with Crippen molar-refractivity contribution in [2.45, 2.75) is 76.9 Å². The quantitative estimate of drug-likeness (QED) is 0.338. The maximum atomic E-state index is 13.5. The second kappa shape index (κ2) is 12.3. The summed E-state index contributed by atoms with van der Waals surface area (Å²) in [7, 11) is 4.11. The number of carbonyl (C=O) groups is 3. The van der Waals surface area contributed by atoms with Crippen LogP contribution in [0.25, 0.3) is 10.2 Å². The number of pyridine rings is 1. The highest BCUT2D eigenvalue weighted by Gasteiger charge is 2.33. The summed E-state index contributed by atoms with van der Waals surface area (Å²) in [5.41, 5.74) is 2.55. The summed E-state index contributed by atoms with van der Waals surface area (Å²) < 4.78 is 6.49. The largest absolute Gasteiger partial charge is 0.444 e. The summed E-state index contributed by atoms with van der Waals surface area (Å²) in [6.07, 6.45) is 6.34. The lowest BCUT2D eigenvalue weighted by Gasteiger charge is -2.35. The van der Waals surface area contributed by atoms with Crippen LogP contribution in [0.3, 0.4) is 0 Å². The molecule has 2 aliphatic rings. The lowest BCUT2D eigenvalue weighted by atomic mass is 9.95. The molecule has 0 radical (unpaired) electrons. The average molecular weight is 593 g/mol. The van der Waals surface area contributed by atoms with E-state index in [0.717, 1.165) is 71.4 Å². The monoisotopic (exact) mass is 592 g/mol. The van der Waals surface area contributed by atoms with Gasteiger partial charge in [0.05, 0.1) is 33.2 Å². The van der Waals surface area contributed by atoms with Gasteiger partial charge in [0.15, 0.2) is 0 Å². The first kappa shape index (κ1) is 29.9. The fraction of sp³-hybridized carbons (Fsp3) is 0.516. The maximum absolute atomic E-state index is 13.5. The Balaban J connectivity index is 1.29. The van der Waals surface area contributed by atoms with Crippen molar-refractivity contribution in [3.8, 4) is 0 Å². The van der Waals surface area contributed by atoms with Gasteiger partial charge < -0.3 is 19.9 Å². The van der Waals surface area contributed by atoms with Gasteiger partial charge in [-0.2, -0.15) is 0 Å². The Bertz CT molecular complexity index is 1480. The van der Waals surface area contributed by atoms with Crippen LogP contribution in [-0.2, 0) is 20.7 Å². The number of aromatic nitrogens is 2. The number of hydrogen-bond acceptors (Lipinski definition) is 8. The Kier molecular flexibility index (Phi) is 8.79. The summed E-state index contributed by atoms with van der Waals surface area (Å²) in [4.78, 5) is 52.1. The van der Waals surface area contributed by atoms with Crippen molar-refractivity contribution in [1.29, 1.82) is 0 Å². The predicted molar refractivity (Wildman–Crippen MR) is 165 cm³/mol. The van der Waals surface area contributed by atoms with Gasteiger partial charge in [0.2, 0.25) is 0 Å². The molecule has 1 aromatic carbocycles. The molecule has 1 atom stereocenters. The third-order valence-electron chi connectivity index (χ3n) is 7.38. The van der Waals surface area contributed by atoms with Crippen LogP contribution in [0.1, 0.15) is 81.0 Å². The normalized spacial score (nSPS) is 17.4. The van der Waals surface area contributed by atoms with E-state index in [-0.39, 0.29) is 12.0 Å². The molecule has 2 fully saturated rings. The molecule has 0 spiro atoms. The topological polar surface area (TPSA) is 117 Å². The van der Waals surface area contributed by atoms with Crippen LogP contribution in [0.5, 0.6) is 0 Å². The Morgan fingerprint density at radius 2 is 1.88 bits per heavy atom. The van der Waals surface area contributed by atoms with E-state index in [4.69, 9.17) is 9.72 Å². The van der Waals surface area contributed by atoms with Crippen LogP contribution >= 0.6 is 11.3 Å². The second-order valence-electron chi connectivity index (χ2n) is 12.4. The number of piperidine rings is 1. The predicted octanol–water partition coefficient (Wildman–Crippen LogP) is 5.71. The van der Waals surface area contributed by atoms with Crippen molar-refractivity contribution in [3.63, 3.8) is 0 Å². The molecule has 3 amide bonds. The number of nitrogens with zero attached hydrogens (tertiary/aromatic N) is 4. The molecule has 11 heteroatoms. The number of likely N-dealkylation sites (tertiary alicyclic amines) is 1. The molecule has 1 aliphatic heterocycles. The van der Waals surface area contributed by atoms with Crippen molar-refractivity contribution in [1.82, 2.24) is 19.8 Å². The van der Waals surface area contributed by atoms with Gasteiger partial charge >= 0.3 is 17.9 Å². The third kappa shape index (κ3) is 7.43. The van der Waals surface area contributed by atoms with Crippen molar-refractivity contribution in [2.24, 2.45) is 0 Å². The Morgan fingerprint density at radius 1 is 1.10 bits per heavy atom. The SMILES string of the molecule is CN(C)CCc1nc2cc([C@@H]3CCCCN3C(=O)C(=O)Nc3cnc(NC(=O)OC(C)(C)C)c(C4CC4)c3)ccc2s1. The van der Waals surface area contributed by atoms with E-state index in [2.05, 4.69) is 52.8 Å². The number of carbonyl (C=O) groups excluding carboxylic acids is 3. The smallest absolute Gasteiger partial charge is 0.413 e. The molecule has 2 aromatic heterocycles. The Hall–Kier alpha value is -3.57. The zero-order valence-electron chi connectivity index (χ0n) is 25.0. The molecular formula is C31H40N6O4S. The zero-order chi connectivity index (χ0) is 30.0. The summed E-state index contributed by atoms with van der Waals surface area (Å²) in [5, 5.41) is 6.58. The van der Waals surface area contributed by atoms with Gasteiger partial charge in [-0.05, 0) is 96.7 Å². The van der Waals surface area contributed by atoms with Crippen molar-refractivity contribution in [2.75, 3.05) is 37.8 Å². The summed E-state index contributed by atoms with van der Waals surface area (Å²) in [6.45, 7) is 6.85. The number of rotatable bonds is 7. The highest BCUT2D eigenvalue weighted by atomic mass is 32.1. The molecule has 5 rings (SSSR count). The minimum Gasteiger partial charge on any atom is -0.444 e. The first-order valence-electron chi connectivity index (χ1n) is 14.6. The van der Waals surface area contributed by atoms with Crippen LogP contribution in [0.4, 0.5) is 16.3 Å². The number of ether oxygens (including phenoxy) is 1. The van der Waals surface area contributed by atoms with E-state index in [1.807, 2.05) is 0 Å². The van der Waals surface area contributed by atoms with Crippen LogP contribution in [0.15, 0.2) is 30.5 Å². The summed E-state index contributed by atoms with van der Waals surface area (Å²) in [5.74, 6) is -0.604. The van der Waals surface area contributed by atoms with Crippen LogP contribution < -0.4 is 10.6 Å². The molecule has 0 bridgehead atoms.